The number of carboxylic acid groups (broad SMARTS) is 1. The van der Waals surface area contributed by atoms with Crippen molar-refractivity contribution in [1.82, 2.24) is 37.2 Å². The Bertz CT molecular complexity index is 1830. The smallest absolute Gasteiger partial charge is 0.329 e. The van der Waals surface area contributed by atoms with Gasteiger partial charge in [0.15, 0.2) is 0 Å². The highest BCUT2D eigenvalue weighted by Gasteiger charge is 2.38. The number of carboxylic acids is 1. The largest absolute Gasteiger partial charge is 0.481 e. The lowest BCUT2D eigenvalue weighted by atomic mass is 9.95. The predicted octanol–water partition coefficient (Wildman–Crippen LogP) is 4.83. The summed E-state index contributed by atoms with van der Waals surface area (Å²) < 4.78 is 6.09. The molecule has 1 aliphatic heterocycles. The number of rotatable bonds is 25. The number of hydrogen-bond acceptors (Lipinski definition) is 11. The molecule has 0 aromatic heterocycles. The third-order valence-corrected chi connectivity index (χ3v) is 13.9. The van der Waals surface area contributed by atoms with Crippen LogP contribution in [-0.4, -0.2) is 113 Å². The molecule has 0 spiro atoms. The average molecular weight is 1050 g/mol. The fraction of sp³-hybridized carbons (Fsp3) is 0.815. The number of unbranched alkanes of at least 4 members (excludes halogenated alkanes) is 6. The number of carbonyl (C=O) groups is 10. The van der Waals surface area contributed by atoms with E-state index in [4.69, 9.17) is 10.5 Å². The van der Waals surface area contributed by atoms with Gasteiger partial charge in [0.1, 0.15) is 48.4 Å². The van der Waals surface area contributed by atoms with E-state index in [2.05, 4.69) is 51.1 Å². The molecule has 1 aliphatic rings. The molecule has 74 heavy (non-hydrogen) atoms. The highest BCUT2D eigenvalue weighted by molar-refractivity contribution is 5.98. The predicted molar refractivity (Wildman–Crippen MR) is 282 cm³/mol. The molecule has 8 amide bonds. The number of hydrogen-bond donors (Lipinski definition) is 9. The molecule has 1 unspecified atom stereocenters. The van der Waals surface area contributed by atoms with Crippen LogP contribution >= 0.6 is 0 Å². The Morgan fingerprint density at radius 1 is 0.514 bits per heavy atom. The van der Waals surface area contributed by atoms with Gasteiger partial charge in [-0.15, -0.1) is 0 Å². The molecule has 0 saturated carbocycles. The third-order valence-electron chi connectivity index (χ3n) is 13.9. The van der Waals surface area contributed by atoms with Crippen LogP contribution in [0.15, 0.2) is 0 Å². The van der Waals surface area contributed by atoms with E-state index in [1.54, 1.807) is 48.5 Å². The first-order valence-corrected chi connectivity index (χ1v) is 27.6. The van der Waals surface area contributed by atoms with Gasteiger partial charge in [-0.3, -0.25) is 43.2 Å². The SMILES string of the molecule is CC[C@H](C)[C@@H]1NC(=O)[C@H](CC(C)C)NC(=O)[C@H]([C@@H](C)CC)NC(=O)[C@H](CCC(N)=O)NC(=O)CC(CCCCCCCCCC(C)C)OC(=O)[C@H]([C@@H](C)CC)NC(=O)[C@H](CC(C)C)NC(=O)[C@H](CC(=O)O)NC1=O. The standard InChI is InChI=1S/C54H96N8O12/c1-13-34(10)45-52(71)58-40(28-33(8)9)50(69)61-46(35(11)14-2)53(72)59-41(30-44(65)66)49(68)57-39(27-32(6)7)51(70)62-47(36(12)15-3)54(73)74-37(24-22-20-18-16-17-19-21-23-31(4)5)29-43(64)56-38(48(67)60-45)25-26-42(55)63/h31-41,45-47H,13-30H2,1-12H3,(H2,55,63)(H,56,64)(H,57,68)(H,58,71)(H,59,72)(H,60,67)(H,61,69)(H,62,70)(H,65,66)/t34-,35-,36-,37?,38-,39-,40-,41-,45-,46-,47-/m0/s1. The van der Waals surface area contributed by atoms with Gasteiger partial charge >= 0.3 is 11.9 Å². The normalized spacial score (nSPS) is 25.0. The van der Waals surface area contributed by atoms with Crippen molar-refractivity contribution in [3.63, 3.8) is 0 Å². The van der Waals surface area contributed by atoms with E-state index < -0.39 is 138 Å². The zero-order valence-corrected chi connectivity index (χ0v) is 46.8. The van der Waals surface area contributed by atoms with Crippen LogP contribution in [-0.2, 0) is 52.7 Å². The minimum Gasteiger partial charge on any atom is -0.481 e. The quantitative estimate of drug-likeness (QED) is 0.0439. The monoisotopic (exact) mass is 1050 g/mol. The molecule has 424 valence electrons. The fourth-order valence-electron chi connectivity index (χ4n) is 8.68. The van der Waals surface area contributed by atoms with Gasteiger partial charge in [-0.25, -0.2) is 4.79 Å². The van der Waals surface area contributed by atoms with Crippen molar-refractivity contribution in [3.8, 4) is 0 Å². The summed E-state index contributed by atoms with van der Waals surface area (Å²) in [6.07, 6.45) is 6.52. The van der Waals surface area contributed by atoms with Gasteiger partial charge in [-0.1, -0.05) is 147 Å². The summed E-state index contributed by atoms with van der Waals surface area (Å²) in [6, 6.07) is -9.50. The summed E-state index contributed by atoms with van der Waals surface area (Å²) in [6.45, 7) is 22.1. The van der Waals surface area contributed by atoms with Crippen LogP contribution in [0.5, 0.6) is 0 Å². The topological polar surface area (TPSA) is 310 Å². The van der Waals surface area contributed by atoms with E-state index >= 15 is 0 Å². The summed E-state index contributed by atoms with van der Waals surface area (Å²) in [5, 5.41) is 28.7. The van der Waals surface area contributed by atoms with Gasteiger partial charge in [0.05, 0.1) is 12.8 Å². The zero-order valence-electron chi connectivity index (χ0n) is 46.8. The molecule has 20 heteroatoms. The molecule has 0 aliphatic carbocycles. The van der Waals surface area contributed by atoms with Gasteiger partial charge in [0.25, 0.3) is 0 Å². The van der Waals surface area contributed by atoms with Crippen molar-refractivity contribution >= 4 is 59.2 Å². The van der Waals surface area contributed by atoms with Crippen molar-refractivity contribution in [2.75, 3.05) is 0 Å². The van der Waals surface area contributed by atoms with Crippen LogP contribution in [0.3, 0.4) is 0 Å². The van der Waals surface area contributed by atoms with Crippen LogP contribution in [0, 0.1) is 35.5 Å². The highest BCUT2D eigenvalue weighted by atomic mass is 16.5. The number of nitrogens with two attached hydrogens (primary N) is 1. The van der Waals surface area contributed by atoms with Crippen LogP contribution in [0.4, 0.5) is 0 Å². The third kappa shape index (κ3) is 25.8. The summed E-state index contributed by atoms with van der Waals surface area (Å²) in [5.74, 6) is -10.0. The first kappa shape index (κ1) is 66.7. The summed E-state index contributed by atoms with van der Waals surface area (Å²) in [5.41, 5.74) is 5.51. The molecule has 1 saturated heterocycles. The number of aliphatic carboxylic acids is 1. The van der Waals surface area contributed by atoms with Crippen LogP contribution < -0.4 is 43.0 Å². The number of amides is 8. The fourth-order valence-corrected chi connectivity index (χ4v) is 8.68. The minimum absolute atomic E-state index is 0.0466. The van der Waals surface area contributed by atoms with Gasteiger partial charge in [0.2, 0.25) is 47.3 Å². The minimum atomic E-state index is -1.72. The summed E-state index contributed by atoms with van der Waals surface area (Å²) in [4.78, 5) is 138. The maximum Gasteiger partial charge on any atom is 0.329 e. The number of nitrogens with one attached hydrogen (secondary N) is 7. The first-order chi connectivity index (χ1) is 34.7. The molecule has 11 atom stereocenters. The molecular weight excluding hydrogens is 953 g/mol. The van der Waals surface area contributed by atoms with Gasteiger partial charge in [-0.05, 0) is 67.6 Å². The summed E-state index contributed by atoms with van der Waals surface area (Å²) in [7, 11) is 0. The van der Waals surface area contributed by atoms with Gasteiger partial charge < -0.3 is 52.8 Å². The van der Waals surface area contributed by atoms with Gasteiger partial charge in [-0.2, -0.15) is 0 Å². The van der Waals surface area contributed by atoms with Crippen LogP contribution in [0.25, 0.3) is 0 Å². The molecule has 1 fully saturated rings. The van der Waals surface area contributed by atoms with E-state index in [1.165, 1.54) is 6.42 Å². The zero-order chi connectivity index (χ0) is 56.2. The molecule has 1 heterocycles. The second kappa shape index (κ2) is 35.0. The molecule has 20 nitrogen and oxygen atoms in total. The second-order valence-corrected chi connectivity index (χ2v) is 22.0. The van der Waals surface area contributed by atoms with Crippen molar-refractivity contribution in [2.45, 2.75) is 247 Å². The van der Waals surface area contributed by atoms with E-state index in [-0.39, 0.29) is 43.9 Å². The number of cyclic esters (lactones) is 1. The molecule has 0 radical (unpaired) electrons. The molecular formula is C54H96N8O12. The number of esters is 1. The van der Waals surface area contributed by atoms with Crippen molar-refractivity contribution < 1.29 is 57.8 Å². The number of primary amides is 1. The molecule has 0 aromatic carbocycles. The van der Waals surface area contributed by atoms with E-state index in [0.717, 1.165) is 38.5 Å². The maximum atomic E-state index is 14.3. The van der Waals surface area contributed by atoms with Gasteiger partial charge in [0, 0.05) is 6.42 Å². The molecule has 0 aromatic rings. The Morgan fingerprint density at radius 3 is 1.36 bits per heavy atom. The molecule has 10 N–H and O–H groups in total. The second-order valence-electron chi connectivity index (χ2n) is 22.0. The Kier molecular flexibility index (Phi) is 31.6. The summed E-state index contributed by atoms with van der Waals surface area (Å²) >= 11 is 0. The number of ether oxygens (including phenoxy) is 1. The van der Waals surface area contributed by atoms with Crippen molar-refractivity contribution in [1.29, 1.82) is 0 Å². The van der Waals surface area contributed by atoms with Crippen LogP contribution in [0.1, 0.15) is 199 Å². The number of carbonyl (C=O) groups excluding carboxylic acids is 9. The van der Waals surface area contributed by atoms with Crippen LogP contribution in [0.2, 0.25) is 0 Å². The highest BCUT2D eigenvalue weighted by Crippen LogP contribution is 2.20. The lowest BCUT2D eigenvalue weighted by molar-refractivity contribution is -0.156. The Labute approximate surface area is 441 Å². The van der Waals surface area contributed by atoms with E-state index in [9.17, 15) is 53.1 Å². The van der Waals surface area contributed by atoms with Crippen molar-refractivity contribution in [3.05, 3.63) is 0 Å². The Balaban J connectivity index is 4.01. The molecule has 1 rings (SSSR count). The average Bonchev–Trinajstić information content (AvgIpc) is 3.31. The Hall–Kier alpha value is -5.30. The van der Waals surface area contributed by atoms with E-state index in [0.29, 0.717) is 31.6 Å². The first-order valence-electron chi connectivity index (χ1n) is 27.6. The lowest BCUT2D eigenvalue weighted by Crippen LogP contribution is -2.61. The molecule has 0 bridgehead atoms. The lowest BCUT2D eigenvalue weighted by Gasteiger charge is -2.31. The Morgan fingerprint density at radius 2 is 0.919 bits per heavy atom. The maximum absolute atomic E-state index is 14.3. The van der Waals surface area contributed by atoms with Crippen molar-refractivity contribution in [2.24, 2.45) is 41.2 Å². The van der Waals surface area contributed by atoms with E-state index in [1.807, 2.05) is 20.8 Å².